The number of nitrogens with zero attached hydrogens (tertiary/aromatic N) is 2. The van der Waals surface area contributed by atoms with E-state index in [0.29, 0.717) is 24.5 Å². The van der Waals surface area contributed by atoms with Crippen molar-refractivity contribution in [1.82, 2.24) is 10.2 Å². The Morgan fingerprint density at radius 2 is 2.14 bits per heavy atom. The Labute approximate surface area is 123 Å². The van der Waals surface area contributed by atoms with Crippen LogP contribution in [-0.2, 0) is 4.79 Å². The van der Waals surface area contributed by atoms with E-state index in [1.54, 1.807) is 18.1 Å². The predicted molar refractivity (Wildman–Crippen MR) is 77.4 cm³/mol. The Morgan fingerprint density at radius 3 is 2.86 bits per heavy atom. The van der Waals surface area contributed by atoms with E-state index in [1.165, 1.54) is 4.90 Å². The van der Waals surface area contributed by atoms with Gasteiger partial charge >= 0.3 is 6.03 Å². The van der Waals surface area contributed by atoms with E-state index in [2.05, 4.69) is 5.32 Å². The van der Waals surface area contributed by atoms with E-state index in [1.807, 2.05) is 18.2 Å². The summed E-state index contributed by atoms with van der Waals surface area (Å²) in [5.74, 6) is 0.344. The molecule has 7 nitrogen and oxygen atoms in total. The standard InChI is InChI=1S/C14H19N3O4/c1-21-12-5-3-2-4-11(12)17-8-7-16(14(17)20)10-13(19)15-6-9-18/h2-5,18H,6-10H2,1H3,(H,15,19). The van der Waals surface area contributed by atoms with E-state index >= 15 is 0 Å². The predicted octanol–water partition coefficient (Wildman–Crippen LogP) is 0.0457. The normalized spacial score (nSPS) is 14.5. The van der Waals surface area contributed by atoms with Crippen molar-refractivity contribution in [1.29, 1.82) is 0 Å². The van der Waals surface area contributed by atoms with Crippen LogP contribution >= 0.6 is 0 Å². The van der Waals surface area contributed by atoms with Gasteiger partial charge in [-0.2, -0.15) is 0 Å². The summed E-state index contributed by atoms with van der Waals surface area (Å²) < 4.78 is 5.26. The number of aliphatic hydroxyl groups excluding tert-OH is 1. The second-order valence-corrected chi connectivity index (χ2v) is 4.60. The van der Waals surface area contributed by atoms with Crippen LogP contribution in [0.1, 0.15) is 0 Å². The fourth-order valence-electron chi connectivity index (χ4n) is 2.23. The summed E-state index contributed by atoms with van der Waals surface area (Å²) in [5, 5.41) is 11.2. The summed E-state index contributed by atoms with van der Waals surface area (Å²) in [6.45, 7) is 1.05. The molecule has 0 spiro atoms. The van der Waals surface area contributed by atoms with Crippen molar-refractivity contribution >= 4 is 17.6 Å². The molecule has 2 N–H and O–H groups in total. The Balaban J connectivity index is 2.03. The van der Waals surface area contributed by atoms with Crippen molar-refractivity contribution in [3.63, 3.8) is 0 Å². The molecule has 1 aromatic rings. The zero-order chi connectivity index (χ0) is 15.2. The molecule has 3 amide bonds. The highest BCUT2D eigenvalue weighted by atomic mass is 16.5. The summed E-state index contributed by atoms with van der Waals surface area (Å²) in [7, 11) is 1.56. The minimum absolute atomic E-state index is 0.00944. The van der Waals surface area contributed by atoms with Crippen LogP contribution in [0.4, 0.5) is 10.5 Å². The van der Waals surface area contributed by atoms with Crippen molar-refractivity contribution in [2.24, 2.45) is 0 Å². The van der Waals surface area contributed by atoms with Crippen molar-refractivity contribution in [3.8, 4) is 5.75 Å². The van der Waals surface area contributed by atoms with Gasteiger partial charge in [0.25, 0.3) is 0 Å². The lowest BCUT2D eigenvalue weighted by atomic mass is 10.2. The average molecular weight is 293 g/mol. The molecule has 0 atom stereocenters. The lowest BCUT2D eigenvalue weighted by molar-refractivity contribution is -0.121. The van der Waals surface area contributed by atoms with Gasteiger partial charge in [0.15, 0.2) is 0 Å². The first-order valence-electron chi connectivity index (χ1n) is 6.74. The van der Waals surface area contributed by atoms with Crippen molar-refractivity contribution in [2.75, 3.05) is 44.8 Å². The molecule has 0 unspecified atom stereocenters. The topological polar surface area (TPSA) is 82.1 Å². The molecule has 1 aromatic carbocycles. The molecule has 1 aliphatic heterocycles. The number of carbonyl (C=O) groups excluding carboxylic acids is 2. The second-order valence-electron chi connectivity index (χ2n) is 4.60. The van der Waals surface area contributed by atoms with E-state index in [9.17, 15) is 9.59 Å². The van der Waals surface area contributed by atoms with Crippen LogP contribution in [0.15, 0.2) is 24.3 Å². The third kappa shape index (κ3) is 3.43. The first-order valence-corrected chi connectivity index (χ1v) is 6.74. The highest BCUT2D eigenvalue weighted by Gasteiger charge is 2.32. The number of rotatable bonds is 6. The molecule has 0 bridgehead atoms. The number of nitrogens with one attached hydrogen (secondary N) is 1. The van der Waals surface area contributed by atoms with E-state index < -0.39 is 0 Å². The summed E-state index contributed by atoms with van der Waals surface area (Å²) in [6.07, 6.45) is 0. The lowest BCUT2D eigenvalue weighted by Crippen LogP contribution is -2.40. The highest BCUT2D eigenvalue weighted by Crippen LogP contribution is 2.30. The van der Waals surface area contributed by atoms with Gasteiger partial charge in [0.05, 0.1) is 19.4 Å². The fraction of sp³-hybridized carbons (Fsp3) is 0.429. The van der Waals surface area contributed by atoms with Crippen LogP contribution in [0, 0.1) is 0 Å². The van der Waals surface area contributed by atoms with E-state index in [0.717, 1.165) is 0 Å². The molecule has 21 heavy (non-hydrogen) atoms. The zero-order valence-corrected chi connectivity index (χ0v) is 11.9. The molecule has 1 saturated heterocycles. The molecule has 1 aliphatic rings. The number of urea groups is 1. The van der Waals surface area contributed by atoms with Crippen LogP contribution in [-0.4, -0.2) is 61.8 Å². The Morgan fingerprint density at radius 1 is 1.38 bits per heavy atom. The smallest absolute Gasteiger partial charge is 0.325 e. The molecule has 1 heterocycles. The molecule has 114 valence electrons. The molecular weight excluding hydrogens is 274 g/mol. The summed E-state index contributed by atoms with van der Waals surface area (Å²) in [4.78, 5) is 27.0. The molecule has 0 aromatic heterocycles. The minimum atomic E-state index is -0.278. The Hall–Kier alpha value is -2.28. The Bertz CT molecular complexity index is 521. The van der Waals surface area contributed by atoms with Crippen LogP contribution < -0.4 is 15.0 Å². The number of carbonyl (C=O) groups is 2. The molecule has 1 fully saturated rings. The molecule has 0 radical (unpaired) electrons. The van der Waals surface area contributed by atoms with Crippen molar-refractivity contribution < 1.29 is 19.4 Å². The Kier molecular flexibility index (Phi) is 4.99. The van der Waals surface area contributed by atoms with E-state index in [4.69, 9.17) is 9.84 Å². The number of para-hydroxylation sites is 2. The monoisotopic (exact) mass is 293 g/mol. The lowest BCUT2D eigenvalue weighted by Gasteiger charge is -2.20. The van der Waals surface area contributed by atoms with Gasteiger partial charge in [0, 0.05) is 19.6 Å². The first-order chi connectivity index (χ1) is 10.2. The van der Waals surface area contributed by atoms with Crippen LogP contribution in [0.3, 0.4) is 0 Å². The number of hydrogen-bond donors (Lipinski definition) is 2. The third-order valence-corrected chi connectivity index (χ3v) is 3.24. The minimum Gasteiger partial charge on any atom is -0.495 e. The maximum absolute atomic E-state index is 12.4. The number of amides is 3. The van der Waals surface area contributed by atoms with Crippen molar-refractivity contribution in [3.05, 3.63) is 24.3 Å². The maximum atomic E-state index is 12.4. The van der Waals surface area contributed by atoms with Gasteiger partial charge < -0.3 is 20.1 Å². The highest BCUT2D eigenvalue weighted by molar-refractivity contribution is 5.97. The van der Waals surface area contributed by atoms with Gasteiger partial charge in [-0.1, -0.05) is 12.1 Å². The zero-order valence-electron chi connectivity index (χ0n) is 11.9. The number of anilines is 1. The maximum Gasteiger partial charge on any atom is 0.325 e. The molecule has 0 saturated carbocycles. The summed E-state index contributed by atoms with van der Waals surface area (Å²) in [6, 6.07) is 7.05. The van der Waals surface area contributed by atoms with Gasteiger partial charge in [-0.25, -0.2) is 4.79 Å². The fourth-order valence-corrected chi connectivity index (χ4v) is 2.23. The number of ether oxygens (including phenoxy) is 1. The molecule has 7 heteroatoms. The quantitative estimate of drug-likeness (QED) is 0.776. The second kappa shape index (κ2) is 6.94. The van der Waals surface area contributed by atoms with Crippen LogP contribution in [0.25, 0.3) is 0 Å². The number of aliphatic hydroxyl groups is 1. The largest absolute Gasteiger partial charge is 0.495 e. The van der Waals surface area contributed by atoms with Gasteiger partial charge in [0.2, 0.25) is 5.91 Å². The number of benzene rings is 1. The number of methoxy groups -OCH3 is 1. The van der Waals surface area contributed by atoms with Gasteiger partial charge in [-0.15, -0.1) is 0 Å². The third-order valence-electron chi connectivity index (χ3n) is 3.24. The van der Waals surface area contributed by atoms with E-state index in [-0.39, 0.29) is 31.6 Å². The van der Waals surface area contributed by atoms with Gasteiger partial charge in [0.1, 0.15) is 12.3 Å². The summed E-state index contributed by atoms with van der Waals surface area (Å²) in [5.41, 5.74) is 0.697. The molecular formula is C14H19N3O4. The van der Waals surface area contributed by atoms with Gasteiger partial charge in [-0.05, 0) is 12.1 Å². The van der Waals surface area contributed by atoms with Crippen molar-refractivity contribution in [2.45, 2.75) is 0 Å². The van der Waals surface area contributed by atoms with Crippen LogP contribution in [0.2, 0.25) is 0 Å². The number of hydrogen-bond acceptors (Lipinski definition) is 4. The molecule has 2 rings (SSSR count). The summed E-state index contributed by atoms with van der Waals surface area (Å²) >= 11 is 0. The van der Waals surface area contributed by atoms with Crippen LogP contribution in [0.5, 0.6) is 5.75 Å². The first kappa shape index (κ1) is 15.1. The van der Waals surface area contributed by atoms with Gasteiger partial charge in [-0.3, -0.25) is 9.69 Å². The average Bonchev–Trinajstić information content (AvgIpc) is 2.86. The SMILES string of the molecule is COc1ccccc1N1CCN(CC(=O)NCCO)C1=O. The molecule has 0 aliphatic carbocycles.